The summed E-state index contributed by atoms with van der Waals surface area (Å²) in [5, 5.41) is 10.5. The Hall–Kier alpha value is -1.23. The van der Waals surface area contributed by atoms with E-state index in [4.69, 9.17) is 0 Å². The van der Waals surface area contributed by atoms with Gasteiger partial charge in [-0.3, -0.25) is 14.9 Å². The first kappa shape index (κ1) is 10.3. The van der Waals surface area contributed by atoms with E-state index in [-0.39, 0.29) is 16.3 Å². The van der Waals surface area contributed by atoms with E-state index in [0.29, 0.717) is 18.4 Å². The zero-order chi connectivity index (χ0) is 11.0. The lowest BCUT2D eigenvalue weighted by molar-refractivity contribution is -0.384. The van der Waals surface area contributed by atoms with Gasteiger partial charge in [0.25, 0.3) is 5.69 Å². The van der Waals surface area contributed by atoms with Crippen molar-refractivity contribution in [1.29, 1.82) is 0 Å². The predicted octanol–water partition coefficient (Wildman–Crippen LogP) is 2.49. The van der Waals surface area contributed by atoms with Gasteiger partial charge in [-0.05, 0) is 24.5 Å². The van der Waals surface area contributed by atoms with Crippen molar-refractivity contribution in [3.63, 3.8) is 0 Å². The third-order valence-corrected chi connectivity index (χ3v) is 3.39. The molecule has 1 aliphatic rings. The number of carbonyl (C=O) groups is 1. The fourth-order valence-electron chi connectivity index (χ4n) is 1.72. The first-order valence-corrected chi connectivity index (χ1v) is 5.47. The van der Waals surface area contributed by atoms with Crippen molar-refractivity contribution in [3.05, 3.63) is 39.4 Å². The molecule has 0 fully saturated rings. The molecule has 0 spiro atoms. The van der Waals surface area contributed by atoms with Crippen LogP contribution in [0.4, 0.5) is 5.69 Å². The van der Waals surface area contributed by atoms with E-state index in [9.17, 15) is 14.9 Å². The number of hydrogen-bond acceptors (Lipinski definition) is 3. The van der Waals surface area contributed by atoms with E-state index in [0.717, 1.165) is 5.56 Å². The number of carbonyl (C=O) groups excluding carboxylic acids is 1. The summed E-state index contributed by atoms with van der Waals surface area (Å²) in [6.45, 7) is 0. The van der Waals surface area contributed by atoms with Crippen molar-refractivity contribution in [2.45, 2.75) is 17.7 Å². The lowest BCUT2D eigenvalue weighted by Crippen LogP contribution is -2.22. The molecule has 2 rings (SSSR count). The lowest BCUT2D eigenvalue weighted by Gasteiger charge is -2.18. The first-order chi connectivity index (χ1) is 7.09. The standard InChI is InChI=1S/C10H8BrNO3/c11-9-4-1-6-5-7(12(14)15)2-3-8(6)10(9)13/h2-3,5,9H,1,4H2. The minimum Gasteiger partial charge on any atom is -0.293 e. The van der Waals surface area contributed by atoms with Crippen LogP contribution in [0.15, 0.2) is 18.2 Å². The van der Waals surface area contributed by atoms with Gasteiger partial charge in [0, 0.05) is 17.7 Å². The fraction of sp³-hybridized carbons (Fsp3) is 0.300. The number of hydrogen-bond donors (Lipinski definition) is 0. The molecule has 15 heavy (non-hydrogen) atoms. The molecule has 0 radical (unpaired) electrons. The first-order valence-electron chi connectivity index (χ1n) is 4.55. The lowest BCUT2D eigenvalue weighted by atomic mass is 9.90. The molecule has 78 valence electrons. The van der Waals surface area contributed by atoms with Crippen LogP contribution < -0.4 is 0 Å². The van der Waals surface area contributed by atoms with Gasteiger partial charge in [-0.15, -0.1) is 0 Å². The van der Waals surface area contributed by atoms with Crippen LogP contribution in [0.5, 0.6) is 0 Å². The molecule has 0 N–H and O–H groups in total. The van der Waals surface area contributed by atoms with Crippen LogP contribution in [-0.4, -0.2) is 15.5 Å². The Morgan fingerprint density at radius 3 is 2.87 bits per heavy atom. The van der Waals surface area contributed by atoms with Gasteiger partial charge in [-0.25, -0.2) is 0 Å². The number of nitro benzene ring substituents is 1. The van der Waals surface area contributed by atoms with Gasteiger partial charge < -0.3 is 0 Å². The van der Waals surface area contributed by atoms with Gasteiger partial charge in [0.1, 0.15) is 0 Å². The summed E-state index contributed by atoms with van der Waals surface area (Å²) in [6, 6.07) is 4.41. The van der Waals surface area contributed by atoms with E-state index in [1.54, 1.807) is 6.07 Å². The predicted molar refractivity (Wildman–Crippen MR) is 58.5 cm³/mol. The van der Waals surface area contributed by atoms with Crippen molar-refractivity contribution in [2.75, 3.05) is 0 Å². The minimum atomic E-state index is -0.440. The quantitative estimate of drug-likeness (QED) is 0.447. The molecule has 0 aliphatic heterocycles. The molecule has 0 amide bonds. The Bertz CT molecular complexity index is 444. The van der Waals surface area contributed by atoms with Crippen LogP contribution >= 0.6 is 15.9 Å². The van der Waals surface area contributed by atoms with Gasteiger partial charge >= 0.3 is 0 Å². The molecule has 1 aliphatic carbocycles. The second-order valence-electron chi connectivity index (χ2n) is 3.47. The average Bonchev–Trinajstić information content (AvgIpc) is 2.23. The van der Waals surface area contributed by atoms with Gasteiger partial charge in [0.2, 0.25) is 0 Å². The number of nitro groups is 1. The van der Waals surface area contributed by atoms with Crippen molar-refractivity contribution < 1.29 is 9.72 Å². The highest BCUT2D eigenvalue weighted by molar-refractivity contribution is 9.10. The number of Topliss-reactive ketones (excluding diaryl/α,β-unsaturated/α-hetero) is 1. The van der Waals surface area contributed by atoms with Gasteiger partial charge in [-0.2, -0.15) is 0 Å². The minimum absolute atomic E-state index is 0.0196. The van der Waals surface area contributed by atoms with E-state index in [1.807, 2.05) is 0 Å². The molecular formula is C10H8BrNO3. The number of aryl methyl sites for hydroxylation is 1. The maximum Gasteiger partial charge on any atom is 0.269 e. The number of halogens is 1. The average molecular weight is 270 g/mol. The zero-order valence-corrected chi connectivity index (χ0v) is 9.36. The second kappa shape index (κ2) is 3.73. The van der Waals surface area contributed by atoms with Crippen LogP contribution in [0.2, 0.25) is 0 Å². The Balaban J connectivity index is 2.47. The second-order valence-corrected chi connectivity index (χ2v) is 4.57. The van der Waals surface area contributed by atoms with E-state index in [1.165, 1.54) is 12.1 Å². The number of nitrogens with zero attached hydrogens (tertiary/aromatic N) is 1. The number of ketones is 1. The highest BCUT2D eigenvalue weighted by Crippen LogP contribution is 2.28. The van der Waals surface area contributed by atoms with Crippen molar-refractivity contribution in [1.82, 2.24) is 0 Å². The maximum atomic E-state index is 11.7. The number of rotatable bonds is 1. The molecule has 1 aromatic rings. The molecule has 1 aromatic carbocycles. The van der Waals surface area contributed by atoms with Crippen LogP contribution in [0.3, 0.4) is 0 Å². The molecule has 1 unspecified atom stereocenters. The van der Waals surface area contributed by atoms with Crippen LogP contribution in [0.1, 0.15) is 22.3 Å². The summed E-state index contributed by atoms with van der Waals surface area (Å²) < 4.78 is 0. The zero-order valence-electron chi connectivity index (χ0n) is 7.77. The summed E-state index contributed by atoms with van der Waals surface area (Å²) in [7, 11) is 0. The molecule has 0 saturated carbocycles. The van der Waals surface area contributed by atoms with Crippen molar-refractivity contribution in [2.24, 2.45) is 0 Å². The number of alkyl halides is 1. The SMILES string of the molecule is O=C1c2ccc([N+](=O)[O-])cc2CCC1Br. The Morgan fingerprint density at radius 1 is 1.47 bits per heavy atom. The molecule has 0 heterocycles. The number of benzene rings is 1. The Labute approximate surface area is 94.6 Å². The van der Waals surface area contributed by atoms with E-state index < -0.39 is 4.92 Å². The highest BCUT2D eigenvalue weighted by atomic mass is 79.9. The highest BCUT2D eigenvalue weighted by Gasteiger charge is 2.26. The third-order valence-electron chi connectivity index (χ3n) is 2.52. The Morgan fingerprint density at radius 2 is 2.20 bits per heavy atom. The summed E-state index contributed by atoms with van der Waals surface area (Å²) in [5.74, 6) is 0.0196. The molecule has 1 atom stereocenters. The monoisotopic (exact) mass is 269 g/mol. The molecule has 0 saturated heterocycles. The number of non-ortho nitro benzene ring substituents is 1. The normalized spacial score (nSPS) is 19.8. The largest absolute Gasteiger partial charge is 0.293 e. The van der Waals surface area contributed by atoms with E-state index in [2.05, 4.69) is 15.9 Å². The van der Waals surface area contributed by atoms with Crippen LogP contribution in [0, 0.1) is 10.1 Å². The van der Waals surface area contributed by atoms with Gasteiger partial charge in [0.05, 0.1) is 9.75 Å². The molecule has 0 aromatic heterocycles. The summed E-state index contributed by atoms with van der Waals surface area (Å²) in [5.41, 5.74) is 1.44. The summed E-state index contributed by atoms with van der Waals surface area (Å²) >= 11 is 3.29. The van der Waals surface area contributed by atoms with Crippen molar-refractivity contribution >= 4 is 27.4 Å². The summed E-state index contributed by atoms with van der Waals surface area (Å²) in [4.78, 5) is 21.6. The van der Waals surface area contributed by atoms with Gasteiger partial charge in [-0.1, -0.05) is 15.9 Å². The van der Waals surface area contributed by atoms with Gasteiger partial charge in [0.15, 0.2) is 5.78 Å². The summed E-state index contributed by atoms with van der Waals surface area (Å²) in [6.07, 6.45) is 1.41. The fourth-order valence-corrected chi connectivity index (χ4v) is 2.20. The van der Waals surface area contributed by atoms with Crippen LogP contribution in [-0.2, 0) is 6.42 Å². The third kappa shape index (κ3) is 1.79. The number of fused-ring (bicyclic) bond motifs is 1. The molecule has 0 bridgehead atoms. The maximum absolute atomic E-state index is 11.7. The Kier molecular flexibility index (Phi) is 2.56. The van der Waals surface area contributed by atoms with Crippen molar-refractivity contribution in [3.8, 4) is 0 Å². The molecule has 5 heteroatoms. The molecular weight excluding hydrogens is 262 g/mol. The van der Waals surface area contributed by atoms with E-state index >= 15 is 0 Å². The molecule has 4 nitrogen and oxygen atoms in total. The smallest absolute Gasteiger partial charge is 0.269 e. The van der Waals surface area contributed by atoms with Crippen LogP contribution in [0.25, 0.3) is 0 Å². The topological polar surface area (TPSA) is 60.2 Å².